The summed E-state index contributed by atoms with van der Waals surface area (Å²) in [7, 11) is 0. The number of hydrogen-bond donors (Lipinski definition) is 1. The van der Waals surface area contributed by atoms with Gasteiger partial charge in [0.25, 0.3) is 5.22 Å². The van der Waals surface area contributed by atoms with Crippen molar-refractivity contribution in [3.8, 4) is 0 Å². The van der Waals surface area contributed by atoms with E-state index in [0.29, 0.717) is 5.22 Å². The average Bonchev–Trinajstić information content (AvgIpc) is 2.58. The zero-order valence-corrected chi connectivity index (χ0v) is 11.0. The molecular weight excluding hydrogens is 234 g/mol. The Morgan fingerprint density at radius 3 is 2.59 bits per heavy atom. The lowest BCUT2D eigenvalue weighted by Crippen LogP contribution is -1.88. The number of benzene rings is 1. The SMILES string of the molecule is Cc1cc(Sc2nc(C)c(C)o2)ccc1CO. The van der Waals surface area contributed by atoms with Gasteiger partial charge in [0.1, 0.15) is 5.76 Å². The number of aromatic nitrogens is 1. The van der Waals surface area contributed by atoms with Crippen LogP contribution in [0, 0.1) is 20.8 Å². The molecular formula is C13H15NO2S. The third-order valence-corrected chi connectivity index (χ3v) is 3.54. The van der Waals surface area contributed by atoms with Gasteiger partial charge in [0.15, 0.2) is 0 Å². The number of hydrogen-bond acceptors (Lipinski definition) is 4. The van der Waals surface area contributed by atoms with E-state index in [1.807, 2.05) is 39.0 Å². The molecule has 3 nitrogen and oxygen atoms in total. The summed E-state index contributed by atoms with van der Waals surface area (Å²) in [6.07, 6.45) is 0. The van der Waals surface area contributed by atoms with Crippen LogP contribution in [0.3, 0.4) is 0 Å². The first kappa shape index (κ1) is 12.2. The van der Waals surface area contributed by atoms with Gasteiger partial charge in [-0.3, -0.25) is 0 Å². The van der Waals surface area contributed by atoms with Crippen LogP contribution in [0.5, 0.6) is 0 Å². The number of aliphatic hydroxyl groups is 1. The van der Waals surface area contributed by atoms with Crippen LogP contribution < -0.4 is 0 Å². The first-order valence-electron chi connectivity index (χ1n) is 5.42. The molecule has 0 bridgehead atoms. The van der Waals surface area contributed by atoms with Gasteiger partial charge in [-0.1, -0.05) is 6.07 Å². The van der Waals surface area contributed by atoms with Crippen LogP contribution in [0.4, 0.5) is 0 Å². The van der Waals surface area contributed by atoms with Crippen LogP contribution >= 0.6 is 11.8 Å². The third-order valence-electron chi connectivity index (χ3n) is 2.70. The predicted octanol–water partition coefficient (Wildman–Crippen LogP) is 3.24. The van der Waals surface area contributed by atoms with Gasteiger partial charge in [0, 0.05) is 4.90 Å². The summed E-state index contributed by atoms with van der Waals surface area (Å²) in [6.45, 7) is 5.91. The maximum atomic E-state index is 9.10. The van der Waals surface area contributed by atoms with Crippen molar-refractivity contribution in [2.45, 2.75) is 37.5 Å². The fraction of sp³-hybridized carbons (Fsp3) is 0.308. The fourth-order valence-corrected chi connectivity index (χ4v) is 2.42. The molecule has 90 valence electrons. The number of aryl methyl sites for hydroxylation is 3. The summed E-state index contributed by atoms with van der Waals surface area (Å²) in [5, 5.41) is 9.76. The molecule has 0 atom stereocenters. The molecule has 0 aliphatic heterocycles. The van der Waals surface area contributed by atoms with E-state index in [1.54, 1.807) is 0 Å². The second kappa shape index (κ2) is 4.94. The van der Waals surface area contributed by atoms with Crippen molar-refractivity contribution in [3.63, 3.8) is 0 Å². The summed E-state index contributed by atoms with van der Waals surface area (Å²) >= 11 is 1.50. The molecule has 1 aromatic heterocycles. The molecule has 1 heterocycles. The maximum Gasteiger partial charge on any atom is 0.260 e. The highest BCUT2D eigenvalue weighted by Crippen LogP contribution is 2.29. The Labute approximate surface area is 105 Å². The van der Waals surface area contributed by atoms with Gasteiger partial charge in [0.05, 0.1) is 12.3 Å². The van der Waals surface area contributed by atoms with Gasteiger partial charge < -0.3 is 9.52 Å². The molecule has 4 heteroatoms. The predicted molar refractivity (Wildman–Crippen MR) is 67.2 cm³/mol. The molecule has 0 saturated heterocycles. The minimum absolute atomic E-state index is 0.0774. The molecule has 2 aromatic rings. The highest BCUT2D eigenvalue weighted by molar-refractivity contribution is 7.99. The van der Waals surface area contributed by atoms with Crippen LogP contribution in [-0.4, -0.2) is 10.1 Å². The maximum absolute atomic E-state index is 9.10. The second-order valence-corrected chi connectivity index (χ2v) is 4.99. The molecule has 0 spiro atoms. The van der Waals surface area contributed by atoms with Crippen molar-refractivity contribution >= 4 is 11.8 Å². The van der Waals surface area contributed by atoms with Crippen molar-refractivity contribution in [2.75, 3.05) is 0 Å². The van der Waals surface area contributed by atoms with Crippen LogP contribution in [0.1, 0.15) is 22.6 Å². The van der Waals surface area contributed by atoms with Gasteiger partial charge in [-0.05, 0) is 55.8 Å². The summed E-state index contributed by atoms with van der Waals surface area (Å²) in [5.41, 5.74) is 2.96. The first-order valence-corrected chi connectivity index (χ1v) is 6.24. The van der Waals surface area contributed by atoms with E-state index in [4.69, 9.17) is 9.52 Å². The number of aliphatic hydroxyl groups excluding tert-OH is 1. The van der Waals surface area contributed by atoms with Crippen molar-refractivity contribution < 1.29 is 9.52 Å². The summed E-state index contributed by atoms with van der Waals surface area (Å²) in [4.78, 5) is 5.39. The van der Waals surface area contributed by atoms with E-state index < -0.39 is 0 Å². The van der Waals surface area contributed by atoms with E-state index >= 15 is 0 Å². The molecule has 1 N–H and O–H groups in total. The molecule has 0 aliphatic carbocycles. The normalized spacial score (nSPS) is 10.8. The summed E-state index contributed by atoms with van der Waals surface area (Å²) < 4.78 is 5.52. The molecule has 0 amide bonds. The molecule has 0 saturated carbocycles. The van der Waals surface area contributed by atoms with Crippen LogP contribution in [0.15, 0.2) is 32.7 Å². The Kier molecular flexibility index (Phi) is 3.54. The molecule has 0 unspecified atom stereocenters. The lowest BCUT2D eigenvalue weighted by molar-refractivity contribution is 0.281. The highest BCUT2D eigenvalue weighted by atomic mass is 32.2. The van der Waals surface area contributed by atoms with E-state index in [1.165, 1.54) is 11.8 Å². The van der Waals surface area contributed by atoms with Crippen LogP contribution in [-0.2, 0) is 6.61 Å². The van der Waals surface area contributed by atoms with Gasteiger partial charge >= 0.3 is 0 Å². The van der Waals surface area contributed by atoms with E-state index in [9.17, 15) is 0 Å². The summed E-state index contributed by atoms with van der Waals surface area (Å²) in [5.74, 6) is 0.858. The molecule has 0 radical (unpaired) electrons. The largest absolute Gasteiger partial charge is 0.436 e. The van der Waals surface area contributed by atoms with E-state index in [-0.39, 0.29) is 6.61 Å². The lowest BCUT2D eigenvalue weighted by Gasteiger charge is -2.04. The molecule has 0 fully saturated rings. The Hall–Kier alpha value is -1.26. The highest BCUT2D eigenvalue weighted by Gasteiger charge is 2.08. The minimum Gasteiger partial charge on any atom is -0.436 e. The smallest absolute Gasteiger partial charge is 0.260 e. The van der Waals surface area contributed by atoms with Crippen molar-refractivity contribution in [2.24, 2.45) is 0 Å². The molecule has 0 aliphatic rings. The van der Waals surface area contributed by atoms with Gasteiger partial charge in [0.2, 0.25) is 0 Å². The number of nitrogens with zero attached hydrogens (tertiary/aromatic N) is 1. The van der Waals surface area contributed by atoms with E-state index in [0.717, 1.165) is 27.5 Å². The van der Waals surface area contributed by atoms with E-state index in [2.05, 4.69) is 4.98 Å². The fourth-order valence-electron chi connectivity index (χ4n) is 1.50. The van der Waals surface area contributed by atoms with Gasteiger partial charge in [-0.25, -0.2) is 4.98 Å². The number of oxazole rings is 1. The Bertz CT molecular complexity index is 515. The zero-order chi connectivity index (χ0) is 12.4. The van der Waals surface area contributed by atoms with Crippen LogP contribution in [0.25, 0.3) is 0 Å². The van der Waals surface area contributed by atoms with Gasteiger partial charge in [-0.15, -0.1) is 0 Å². The third kappa shape index (κ3) is 2.70. The average molecular weight is 249 g/mol. The first-order chi connectivity index (χ1) is 8.10. The lowest BCUT2D eigenvalue weighted by atomic mass is 10.1. The second-order valence-electron chi connectivity index (χ2n) is 3.97. The standard InChI is InChI=1S/C13H15NO2S/c1-8-6-12(5-4-11(8)7-15)17-13-14-9(2)10(3)16-13/h4-6,15H,7H2,1-3H3. The van der Waals surface area contributed by atoms with Crippen molar-refractivity contribution in [3.05, 3.63) is 40.8 Å². The number of rotatable bonds is 3. The molecule has 2 rings (SSSR count). The van der Waals surface area contributed by atoms with Crippen LogP contribution in [0.2, 0.25) is 0 Å². The Balaban J connectivity index is 2.21. The zero-order valence-electron chi connectivity index (χ0n) is 10.2. The quantitative estimate of drug-likeness (QED) is 0.907. The topological polar surface area (TPSA) is 46.3 Å². The molecule has 1 aromatic carbocycles. The Morgan fingerprint density at radius 2 is 2.06 bits per heavy atom. The minimum atomic E-state index is 0.0774. The van der Waals surface area contributed by atoms with Crippen molar-refractivity contribution in [1.29, 1.82) is 0 Å². The Morgan fingerprint density at radius 1 is 1.29 bits per heavy atom. The molecule has 17 heavy (non-hydrogen) atoms. The monoisotopic (exact) mass is 249 g/mol. The van der Waals surface area contributed by atoms with Crippen molar-refractivity contribution in [1.82, 2.24) is 4.98 Å². The summed E-state index contributed by atoms with van der Waals surface area (Å²) in [6, 6.07) is 5.93. The van der Waals surface area contributed by atoms with Gasteiger partial charge in [-0.2, -0.15) is 0 Å².